The number of piperidine rings is 1. The number of amides is 1. The van der Waals surface area contributed by atoms with E-state index in [0.717, 1.165) is 51.1 Å². The molecule has 3 heterocycles. The smallest absolute Gasteiger partial charge is 0.266 e. The summed E-state index contributed by atoms with van der Waals surface area (Å²) in [6, 6.07) is 3.31. The fraction of sp³-hybridized carbons (Fsp3) is 0.706. The molecule has 1 atom stereocenters. The van der Waals surface area contributed by atoms with Crippen LogP contribution in [0.2, 0.25) is 0 Å². The molecular formula is C17H25N3O3. The highest BCUT2D eigenvalue weighted by Crippen LogP contribution is 2.21. The zero-order valence-corrected chi connectivity index (χ0v) is 13.7. The molecule has 6 heteroatoms. The third kappa shape index (κ3) is 4.19. The van der Waals surface area contributed by atoms with Crippen LogP contribution in [0.5, 0.6) is 0 Å². The highest BCUT2D eigenvalue weighted by molar-refractivity contribution is 5.76. The van der Waals surface area contributed by atoms with E-state index in [9.17, 15) is 9.59 Å². The number of rotatable bonds is 4. The van der Waals surface area contributed by atoms with Crippen LogP contribution in [-0.2, 0) is 16.1 Å². The molecule has 1 amide bonds. The Hall–Kier alpha value is -1.69. The van der Waals surface area contributed by atoms with Crippen molar-refractivity contribution in [3.05, 3.63) is 28.2 Å². The van der Waals surface area contributed by atoms with E-state index in [4.69, 9.17) is 4.74 Å². The average molecular weight is 319 g/mol. The van der Waals surface area contributed by atoms with Gasteiger partial charge in [0.05, 0.1) is 18.2 Å². The predicted octanol–water partition coefficient (Wildman–Crippen LogP) is 1.36. The molecule has 0 N–H and O–H groups in total. The van der Waals surface area contributed by atoms with Crippen LogP contribution in [0.15, 0.2) is 16.9 Å². The van der Waals surface area contributed by atoms with Crippen LogP contribution in [0.25, 0.3) is 0 Å². The summed E-state index contributed by atoms with van der Waals surface area (Å²) < 4.78 is 7.10. The van der Waals surface area contributed by atoms with Gasteiger partial charge in [-0.15, -0.1) is 0 Å². The van der Waals surface area contributed by atoms with E-state index < -0.39 is 0 Å². The van der Waals surface area contributed by atoms with Crippen LogP contribution < -0.4 is 5.56 Å². The lowest BCUT2D eigenvalue weighted by Crippen LogP contribution is -2.41. The van der Waals surface area contributed by atoms with Gasteiger partial charge in [0.25, 0.3) is 5.56 Å². The van der Waals surface area contributed by atoms with E-state index >= 15 is 0 Å². The highest BCUT2D eigenvalue weighted by Gasteiger charge is 2.26. The summed E-state index contributed by atoms with van der Waals surface area (Å²) in [7, 11) is 0. The van der Waals surface area contributed by atoms with Crippen LogP contribution in [0, 0.1) is 12.8 Å². The van der Waals surface area contributed by atoms with Gasteiger partial charge in [-0.2, -0.15) is 5.10 Å². The SMILES string of the molecule is Cc1ccc(=O)n(CC2CCN(C(=O)CC3CCCO3)CC2)n1. The fourth-order valence-corrected chi connectivity index (χ4v) is 3.42. The van der Waals surface area contributed by atoms with Crippen molar-refractivity contribution >= 4 is 5.91 Å². The predicted molar refractivity (Wildman–Crippen MR) is 86.1 cm³/mol. The Labute approximate surface area is 136 Å². The van der Waals surface area contributed by atoms with Crippen molar-refractivity contribution in [1.82, 2.24) is 14.7 Å². The van der Waals surface area contributed by atoms with Crippen LogP contribution in [-0.4, -0.2) is 46.4 Å². The van der Waals surface area contributed by atoms with Crippen molar-refractivity contribution in [3.8, 4) is 0 Å². The van der Waals surface area contributed by atoms with E-state index in [0.29, 0.717) is 18.9 Å². The van der Waals surface area contributed by atoms with Gasteiger partial charge < -0.3 is 9.64 Å². The fourth-order valence-electron chi connectivity index (χ4n) is 3.42. The number of hydrogen-bond acceptors (Lipinski definition) is 4. The zero-order chi connectivity index (χ0) is 16.2. The molecule has 1 aromatic rings. The minimum Gasteiger partial charge on any atom is -0.378 e. The average Bonchev–Trinajstić information content (AvgIpc) is 3.04. The van der Waals surface area contributed by atoms with Gasteiger partial charge in [-0.25, -0.2) is 4.68 Å². The molecule has 2 saturated heterocycles. The number of aromatic nitrogens is 2. The minimum atomic E-state index is -0.0486. The van der Waals surface area contributed by atoms with Gasteiger partial charge in [-0.1, -0.05) is 0 Å². The van der Waals surface area contributed by atoms with Crippen molar-refractivity contribution in [1.29, 1.82) is 0 Å². The van der Waals surface area contributed by atoms with Gasteiger partial charge in [-0.05, 0) is 44.6 Å². The summed E-state index contributed by atoms with van der Waals surface area (Å²) in [5, 5.41) is 4.30. The molecule has 0 radical (unpaired) electrons. The summed E-state index contributed by atoms with van der Waals surface area (Å²) in [5.74, 6) is 0.620. The van der Waals surface area contributed by atoms with E-state index in [1.165, 1.54) is 0 Å². The molecule has 3 rings (SSSR count). The molecule has 0 spiro atoms. The molecule has 23 heavy (non-hydrogen) atoms. The first-order chi connectivity index (χ1) is 11.1. The first kappa shape index (κ1) is 16.2. The third-order valence-corrected chi connectivity index (χ3v) is 4.82. The van der Waals surface area contributed by atoms with Crippen molar-refractivity contribution in [2.75, 3.05) is 19.7 Å². The summed E-state index contributed by atoms with van der Waals surface area (Å²) in [6.07, 6.45) is 4.57. The molecule has 0 bridgehead atoms. The quantitative estimate of drug-likeness (QED) is 0.840. The second kappa shape index (κ2) is 7.25. The Balaban J connectivity index is 1.49. The first-order valence-corrected chi connectivity index (χ1v) is 8.56. The first-order valence-electron chi connectivity index (χ1n) is 8.56. The Morgan fingerprint density at radius 3 is 2.78 bits per heavy atom. The maximum Gasteiger partial charge on any atom is 0.266 e. The number of nitrogens with zero attached hydrogens (tertiary/aromatic N) is 3. The normalized spacial score (nSPS) is 22.5. The van der Waals surface area contributed by atoms with Crippen LogP contribution in [0.1, 0.15) is 37.8 Å². The lowest BCUT2D eigenvalue weighted by atomic mass is 9.96. The standard InChI is InChI=1S/C17H25N3O3/c1-13-4-5-16(21)20(18-13)12-14-6-8-19(9-7-14)17(22)11-15-3-2-10-23-15/h4-5,14-15H,2-3,6-12H2,1H3. The highest BCUT2D eigenvalue weighted by atomic mass is 16.5. The van der Waals surface area contributed by atoms with Gasteiger partial charge in [0.2, 0.25) is 5.91 Å². The minimum absolute atomic E-state index is 0.0486. The summed E-state index contributed by atoms with van der Waals surface area (Å²) in [4.78, 5) is 26.1. The topological polar surface area (TPSA) is 64.4 Å². The summed E-state index contributed by atoms with van der Waals surface area (Å²) in [5.41, 5.74) is 0.807. The molecule has 2 fully saturated rings. The lowest BCUT2D eigenvalue weighted by Gasteiger charge is -2.32. The number of ether oxygens (including phenoxy) is 1. The second-order valence-electron chi connectivity index (χ2n) is 6.66. The molecule has 1 unspecified atom stereocenters. The largest absolute Gasteiger partial charge is 0.378 e. The molecule has 126 valence electrons. The van der Waals surface area contributed by atoms with Gasteiger partial charge in [0, 0.05) is 32.3 Å². The van der Waals surface area contributed by atoms with Gasteiger partial charge in [0.15, 0.2) is 0 Å². The molecule has 0 aromatic carbocycles. The Kier molecular flexibility index (Phi) is 5.10. The van der Waals surface area contributed by atoms with Crippen molar-refractivity contribution in [2.24, 2.45) is 5.92 Å². The summed E-state index contributed by atoms with van der Waals surface area (Å²) >= 11 is 0. The Bertz CT molecular complexity index is 599. The Morgan fingerprint density at radius 1 is 1.30 bits per heavy atom. The molecule has 2 aliphatic heterocycles. The zero-order valence-electron chi connectivity index (χ0n) is 13.7. The number of hydrogen-bond donors (Lipinski definition) is 0. The van der Waals surface area contributed by atoms with Crippen LogP contribution in [0.4, 0.5) is 0 Å². The van der Waals surface area contributed by atoms with Crippen LogP contribution >= 0.6 is 0 Å². The third-order valence-electron chi connectivity index (χ3n) is 4.82. The van der Waals surface area contributed by atoms with Gasteiger partial charge in [0.1, 0.15) is 0 Å². The van der Waals surface area contributed by atoms with E-state index in [2.05, 4.69) is 5.10 Å². The molecule has 1 aromatic heterocycles. The number of carbonyl (C=O) groups is 1. The second-order valence-corrected chi connectivity index (χ2v) is 6.66. The van der Waals surface area contributed by atoms with Crippen molar-refractivity contribution < 1.29 is 9.53 Å². The number of carbonyl (C=O) groups excluding carboxylic acids is 1. The van der Waals surface area contributed by atoms with Gasteiger partial charge in [-0.3, -0.25) is 9.59 Å². The maximum absolute atomic E-state index is 12.3. The molecule has 6 nitrogen and oxygen atoms in total. The Morgan fingerprint density at radius 2 is 2.09 bits per heavy atom. The number of likely N-dealkylation sites (tertiary alicyclic amines) is 1. The molecule has 2 aliphatic rings. The van der Waals surface area contributed by atoms with E-state index in [1.54, 1.807) is 16.8 Å². The molecule has 0 saturated carbocycles. The maximum atomic E-state index is 12.3. The lowest BCUT2D eigenvalue weighted by molar-refractivity contribution is -0.134. The molecule has 0 aliphatic carbocycles. The summed E-state index contributed by atoms with van der Waals surface area (Å²) in [6.45, 7) is 4.88. The van der Waals surface area contributed by atoms with E-state index in [-0.39, 0.29) is 17.6 Å². The molecular weight excluding hydrogens is 294 g/mol. The van der Waals surface area contributed by atoms with E-state index in [1.807, 2.05) is 11.8 Å². The monoisotopic (exact) mass is 319 g/mol. The van der Waals surface area contributed by atoms with Crippen molar-refractivity contribution in [2.45, 2.75) is 51.7 Å². The van der Waals surface area contributed by atoms with Crippen LogP contribution in [0.3, 0.4) is 0 Å². The number of aryl methyl sites for hydroxylation is 1. The van der Waals surface area contributed by atoms with Crippen molar-refractivity contribution in [3.63, 3.8) is 0 Å². The van der Waals surface area contributed by atoms with Gasteiger partial charge >= 0.3 is 0 Å².